The quantitative estimate of drug-likeness (QED) is 0.306. The van der Waals surface area contributed by atoms with Gasteiger partial charge in [-0.05, 0) is 48.5 Å². The minimum atomic E-state index is -0.429. The lowest BCUT2D eigenvalue weighted by atomic mass is 10.2. The molecule has 2 aromatic heterocycles. The summed E-state index contributed by atoms with van der Waals surface area (Å²) < 4.78 is 1.88. The van der Waals surface area contributed by atoms with Crippen LogP contribution in [-0.2, 0) is 0 Å². The third-order valence-electron chi connectivity index (χ3n) is 4.59. The Labute approximate surface area is 169 Å². The van der Waals surface area contributed by atoms with Gasteiger partial charge in [0, 0.05) is 28.4 Å². The number of imidazole rings is 1. The van der Waals surface area contributed by atoms with Crippen LogP contribution in [0.15, 0.2) is 72.8 Å². The number of hydrogen-bond acceptors (Lipinski definition) is 5. The monoisotopic (exact) mass is 401 g/mol. The summed E-state index contributed by atoms with van der Waals surface area (Å²) >= 11 is 6.06. The van der Waals surface area contributed by atoms with Crippen molar-refractivity contribution >= 4 is 39.6 Å². The molecule has 0 saturated heterocycles. The lowest BCUT2D eigenvalue weighted by Crippen LogP contribution is -1.99. The molecule has 0 N–H and O–H groups in total. The van der Waals surface area contributed by atoms with E-state index in [2.05, 4.69) is 4.98 Å². The fourth-order valence-corrected chi connectivity index (χ4v) is 3.34. The average Bonchev–Trinajstić information content (AvgIpc) is 3.11. The molecule has 29 heavy (non-hydrogen) atoms. The first-order chi connectivity index (χ1) is 14.1. The van der Waals surface area contributed by atoms with Crippen LogP contribution in [0, 0.1) is 10.1 Å². The SMILES string of the molecule is O=[N+]([O-])c1ccc(-c2nc3nc4ccccc4nc3n2-c2ccc(Cl)cc2)cc1. The molecule has 0 aliphatic carbocycles. The van der Waals surface area contributed by atoms with Gasteiger partial charge in [-0.15, -0.1) is 0 Å². The van der Waals surface area contributed by atoms with Crippen LogP contribution in [0.2, 0.25) is 5.02 Å². The van der Waals surface area contributed by atoms with Gasteiger partial charge in [0.1, 0.15) is 5.82 Å². The second-order valence-electron chi connectivity index (χ2n) is 6.41. The molecule has 5 rings (SSSR count). The molecule has 0 fully saturated rings. The van der Waals surface area contributed by atoms with Crippen LogP contribution in [0.25, 0.3) is 39.4 Å². The summed E-state index contributed by atoms with van der Waals surface area (Å²) in [5.41, 5.74) is 4.14. The molecule has 0 aliphatic heterocycles. The topological polar surface area (TPSA) is 86.7 Å². The van der Waals surface area contributed by atoms with E-state index in [-0.39, 0.29) is 5.69 Å². The zero-order valence-electron chi connectivity index (χ0n) is 14.9. The summed E-state index contributed by atoms with van der Waals surface area (Å²) in [5.74, 6) is 0.590. The molecule has 7 nitrogen and oxygen atoms in total. The molecule has 0 aliphatic rings. The molecule has 140 valence electrons. The second-order valence-corrected chi connectivity index (χ2v) is 6.85. The minimum Gasteiger partial charge on any atom is -0.275 e. The van der Waals surface area contributed by atoms with Crippen molar-refractivity contribution in [3.63, 3.8) is 0 Å². The number of aromatic nitrogens is 4. The Hall–Kier alpha value is -3.84. The predicted molar refractivity (Wildman–Crippen MR) is 111 cm³/mol. The van der Waals surface area contributed by atoms with Crippen LogP contribution in [0.1, 0.15) is 0 Å². The summed E-state index contributed by atoms with van der Waals surface area (Å²) in [6, 6.07) is 21.2. The zero-order valence-corrected chi connectivity index (χ0v) is 15.6. The predicted octanol–water partition coefficient (Wildman–Crippen LogP) is 5.20. The molecule has 0 spiro atoms. The number of nitro groups is 1. The van der Waals surface area contributed by atoms with Gasteiger partial charge >= 0.3 is 0 Å². The van der Waals surface area contributed by atoms with E-state index in [1.807, 2.05) is 41.0 Å². The highest BCUT2D eigenvalue weighted by molar-refractivity contribution is 6.30. The van der Waals surface area contributed by atoms with Crippen molar-refractivity contribution in [2.45, 2.75) is 0 Å². The van der Waals surface area contributed by atoms with Crippen LogP contribution < -0.4 is 0 Å². The highest BCUT2D eigenvalue weighted by atomic mass is 35.5. The normalized spacial score (nSPS) is 11.2. The number of rotatable bonds is 3. The first kappa shape index (κ1) is 17.3. The van der Waals surface area contributed by atoms with E-state index < -0.39 is 4.92 Å². The maximum atomic E-state index is 11.0. The maximum Gasteiger partial charge on any atom is 0.269 e. The van der Waals surface area contributed by atoms with E-state index in [1.165, 1.54) is 12.1 Å². The molecule has 0 amide bonds. The van der Waals surface area contributed by atoms with E-state index in [0.717, 1.165) is 22.3 Å². The maximum absolute atomic E-state index is 11.0. The largest absolute Gasteiger partial charge is 0.275 e. The molecule has 0 saturated carbocycles. The Morgan fingerprint density at radius 3 is 2.14 bits per heavy atom. The Kier molecular flexibility index (Phi) is 3.96. The van der Waals surface area contributed by atoms with Crippen molar-refractivity contribution in [2.75, 3.05) is 0 Å². The lowest BCUT2D eigenvalue weighted by Gasteiger charge is -2.09. The van der Waals surface area contributed by atoms with Gasteiger partial charge in [-0.3, -0.25) is 14.7 Å². The molecule has 3 aromatic carbocycles. The molecule has 0 atom stereocenters. The first-order valence-corrected chi connectivity index (χ1v) is 9.14. The van der Waals surface area contributed by atoms with Gasteiger partial charge in [0.25, 0.3) is 5.69 Å². The van der Waals surface area contributed by atoms with Gasteiger partial charge in [0.2, 0.25) is 0 Å². The summed E-state index contributed by atoms with van der Waals surface area (Å²) in [7, 11) is 0. The van der Waals surface area contributed by atoms with Gasteiger partial charge in [0.15, 0.2) is 11.3 Å². The third kappa shape index (κ3) is 2.97. The van der Waals surface area contributed by atoms with Gasteiger partial charge in [-0.2, -0.15) is 0 Å². The van der Waals surface area contributed by atoms with Gasteiger partial charge in [-0.1, -0.05) is 23.7 Å². The van der Waals surface area contributed by atoms with Crippen molar-refractivity contribution in [1.29, 1.82) is 0 Å². The molecule has 2 heterocycles. The third-order valence-corrected chi connectivity index (χ3v) is 4.84. The number of benzene rings is 3. The molecular weight excluding hydrogens is 390 g/mol. The number of halogens is 1. The van der Waals surface area contributed by atoms with Crippen molar-refractivity contribution < 1.29 is 4.92 Å². The van der Waals surface area contributed by atoms with Crippen LogP contribution in [0.4, 0.5) is 5.69 Å². The number of nitro benzene ring substituents is 1. The van der Waals surface area contributed by atoms with Crippen LogP contribution in [0.5, 0.6) is 0 Å². The fraction of sp³-hybridized carbons (Fsp3) is 0. The number of hydrogen-bond donors (Lipinski definition) is 0. The Morgan fingerprint density at radius 2 is 1.48 bits per heavy atom. The standard InChI is InChI=1S/C21H12ClN5O2/c22-14-7-11-15(12-8-14)26-20(13-5-9-16(10-6-13)27(28)29)25-19-21(26)24-18-4-2-1-3-17(18)23-19/h1-12H. The van der Waals surface area contributed by atoms with Gasteiger partial charge < -0.3 is 0 Å². The van der Waals surface area contributed by atoms with E-state index in [1.54, 1.807) is 24.3 Å². The van der Waals surface area contributed by atoms with E-state index >= 15 is 0 Å². The second kappa shape index (κ2) is 6.65. The molecule has 0 bridgehead atoms. The van der Waals surface area contributed by atoms with Crippen molar-refractivity contribution in [3.8, 4) is 17.1 Å². The van der Waals surface area contributed by atoms with Crippen LogP contribution in [0.3, 0.4) is 0 Å². The van der Waals surface area contributed by atoms with E-state index in [0.29, 0.717) is 22.1 Å². The number of nitrogens with zero attached hydrogens (tertiary/aromatic N) is 5. The van der Waals surface area contributed by atoms with Gasteiger partial charge in [0.05, 0.1) is 16.0 Å². The van der Waals surface area contributed by atoms with Crippen LogP contribution >= 0.6 is 11.6 Å². The van der Waals surface area contributed by atoms with E-state index in [9.17, 15) is 10.1 Å². The zero-order chi connectivity index (χ0) is 20.0. The molecule has 0 radical (unpaired) electrons. The first-order valence-electron chi connectivity index (χ1n) is 8.76. The molecule has 5 aromatic rings. The minimum absolute atomic E-state index is 0.0184. The van der Waals surface area contributed by atoms with Crippen molar-refractivity contribution in [2.24, 2.45) is 0 Å². The highest BCUT2D eigenvalue weighted by Crippen LogP contribution is 2.29. The summed E-state index contributed by atoms with van der Waals surface area (Å²) in [5, 5.41) is 11.6. The van der Waals surface area contributed by atoms with Crippen molar-refractivity contribution in [1.82, 2.24) is 19.5 Å². The Bertz CT molecular complexity index is 1380. The highest BCUT2D eigenvalue weighted by Gasteiger charge is 2.18. The summed E-state index contributed by atoms with van der Waals surface area (Å²) in [6.07, 6.45) is 0. The number of para-hydroxylation sites is 2. The molecular formula is C21H12ClN5O2. The molecule has 8 heteroatoms. The lowest BCUT2D eigenvalue weighted by molar-refractivity contribution is -0.384. The summed E-state index contributed by atoms with van der Waals surface area (Å²) in [4.78, 5) is 24.7. The van der Waals surface area contributed by atoms with Crippen LogP contribution in [-0.4, -0.2) is 24.4 Å². The van der Waals surface area contributed by atoms with Gasteiger partial charge in [-0.25, -0.2) is 15.0 Å². The molecule has 0 unspecified atom stereocenters. The summed E-state index contributed by atoms with van der Waals surface area (Å²) in [6.45, 7) is 0. The average molecular weight is 402 g/mol. The Morgan fingerprint density at radius 1 is 0.828 bits per heavy atom. The Balaban J connectivity index is 1.81. The smallest absolute Gasteiger partial charge is 0.269 e. The van der Waals surface area contributed by atoms with E-state index in [4.69, 9.17) is 21.6 Å². The fourth-order valence-electron chi connectivity index (χ4n) is 3.22. The number of non-ortho nitro benzene ring substituents is 1. The van der Waals surface area contributed by atoms with Crippen molar-refractivity contribution in [3.05, 3.63) is 87.9 Å². The number of fused-ring (bicyclic) bond motifs is 2.